The number of hydrogen-bond acceptors (Lipinski definition) is 4. The lowest BCUT2D eigenvalue weighted by atomic mass is 10.0. The van der Waals surface area contributed by atoms with E-state index in [1.807, 2.05) is 53.4 Å². The molecule has 4 rings (SSSR count). The molecule has 5 nitrogen and oxygen atoms in total. The number of nitrogen functional groups attached to an aromatic ring is 1. The second-order valence-electron chi connectivity index (χ2n) is 7.09. The molecule has 2 heterocycles. The third kappa shape index (κ3) is 4.03. The van der Waals surface area contributed by atoms with Crippen molar-refractivity contribution in [3.05, 3.63) is 66.4 Å². The Labute approximate surface area is 159 Å². The van der Waals surface area contributed by atoms with E-state index < -0.39 is 0 Å². The van der Waals surface area contributed by atoms with Crippen LogP contribution in [0.3, 0.4) is 0 Å². The van der Waals surface area contributed by atoms with Crippen LogP contribution in [0, 0.1) is 0 Å². The minimum atomic E-state index is 0.191. The second-order valence-corrected chi connectivity index (χ2v) is 7.09. The number of hydrogen-bond donors (Lipinski definition) is 2. The van der Waals surface area contributed by atoms with Gasteiger partial charge in [-0.2, -0.15) is 0 Å². The number of rotatable bonds is 4. The van der Waals surface area contributed by atoms with Gasteiger partial charge in [-0.25, -0.2) is 0 Å². The maximum absolute atomic E-state index is 12.7. The second kappa shape index (κ2) is 7.66. The van der Waals surface area contributed by atoms with Crippen molar-refractivity contribution in [3.63, 3.8) is 0 Å². The molecule has 0 saturated carbocycles. The van der Waals surface area contributed by atoms with Crippen LogP contribution in [0.4, 0.5) is 11.4 Å². The quantitative estimate of drug-likeness (QED) is 0.699. The first-order valence-electron chi connectivity index (χ1n) is 9.41. The monoisotopic (exact) mass is 360 g/mol. The SMILES string of the molecule is Nc1ccccc1NC1CCN(C(=O)Cc2ccc3ncccc3c2)CC1. The van der Waals surface area contributed by atoms with E-state index in [-0.39, 0.29) is 5.91 Å². The number of nitrogens with two attached hydrogens (primary N) is 1. The highest BCUT2D eigenvalue weighted by molar-refractivity contribution is 5.83. The molecular formula is C22H24N4O. The normalized spacial score (nSPS) is 15.0. The summed E-state index contributed by atoms with van der Waals surface area (Å²) in [7, 11) is 0. The number of carbonyl (C=O) groups is 1. The number of pyridine rings is 1. The summed E-state index contributed by atoms with van der Waals surface area (Å²) in [5, 5.41) is 4.58. The molecule has 27 heavy (non-hydrogen) atoms. The zero-order chi connectivity index (χ0) is 18.6. The molecule has 5 heteroatoms. The molecule has 0 atom stereocenters. The minimum absolute atomic E-state index is 0.191. The average molecular weight is 360 g/mol. The molecule has 3 aromatic rings. The highest BCUT2D eigenvalue weighted by Gasteiger charge is 2.23. The Balaban J connectivity index is 1.33. The largest absolute Gasteiger partial charge is 0.397 e. The number of nitrogens with zero attached hydrogens (tertiary/aromatic N) is 2. The van der Waals surface area contributed by atoms with E-state index in [4.69, 9.17) is 5.73 Å². The van der Waals surface area contributed by atoms with Gasteiger partial charge in [0.05, 0.1) is 23.3 Å². The van der Waals surface area contributed by atoms with Crippen molar-refractivity contribution in [1.82, 2.24) is 9.88 Å². The van der Waals surface area contributed by atoms with Gasteiger partial charge in [0, 0.05) is 30.7 Å². The van der Waals surface area contributed by atoms with Gasteiger partial charge in [-0.1, -0.05) is 24.3 Å². The number of carbonyl (C=O) groups excluding carboxylic acids is 1. The summed E-state index contributed by atoms with van der Waals surface area (Å²) in [6.45, 7) is 1.55. The van der Waals surface area contributed by atoms with Gasteiger partial charge in [0.1, 0.15) is 0 Å². The van der Waals surface area contributed by atoms with Crippen LogP contribution in [0.15, 0.2) is 60.8 Å². The predicted molar refractivity (Wildman–Crippen MR) is 110 cm³/mol. The molecule has 3 N–H and O–H groups in total. The molecule has 1 saturated heterocycles. The van der Waals surface area contributed by atoms with Crippen LogP contribution in [0.5, 0.6) is 0 Å². The fourth-order valence-corrected chi connectivity index (χ4v) is 3.64. The third-order valence-corrected chi connectivity index (χ3v) is 5.19. The lowest BCUT2D eigenvalue weighted by Gasteiger charge is -2.33. The van der Waals surface area contributed by atoms with Crippen LogP contribution in [-0.2, 0) is 11.2 Å². The summed E-state index contributed by atoms with van der Waals surface area (Å²) >= 11 is 0. The predicted octanol–water partition coefficient (Wildman–Crippen LogP) is 3.46. The fourth-order valence-electron chi connectivity index (χ4n) is 3.64. The number of nitrogens with one attached hydrogen (secondary N) is 1. The number of fused-ring (bicyclic) bond motifs is 1. The number of benzene rings is 2. The van der Waals surface area contributed by atoms with E-state index in [1.54, 1.807) is 6.20 Å². The maximum Gasteiger partial charge on any atom is 0.226 e. The number of amides is 1. The van der Waals surface area contributed by atoms with Crippen molar-refractivity contribution in [2.24, 2.45) is 0 Å². The molecule has 0 aliphatic carbocycles. The molecule has 1 aliphatic rings. The number of aromatic nitrogens is 1. The van der Waals surface area contributed by atoms with E-state index in [1.165, 1.54) is 0 Å². The van der Waals surface area contributed by atoms with Gasteiger partial charge >= 0.3 is 0 Å². The lowest BCUT2D eigenvalue weighted by molar-refractivity contribution is -0.131. The van der Waals surface area contributed by atoms with E-state index in [0.29, 0.717) is 12.5 Å². The Bertz CT molecular complexity index is 948. The summed E-state index contributed by atoms with van der Waals surface area (Å²) < 4.78 is 0. The molecular weight excluding hydrogens is 336 g/mol. The van der Waals surface area contributed by atoms with Crippen LogP contribution in [0.25, 0.3) is 10.9 Å². The van der Waals surface area contributed by atoms with Crippen LogP contribution in [0.1, 0.15) is 18.4 Å². The first-order valence-corrected chi connectivity index (χ1v) is 9.41. The summed E-state index contributed by atoms with van der Waals surface area (Å²) in [6.07, 6.45) is 4.09. The van der Waals surface area contributed by atoms with Crippen LogP contribution in [0.2, 0.25) is 0 Å². The molecule has 0 radical (unpaired) electrons. The van der Waals surface area contributed by atoms with Crippen LogP contribution in [-0.4, -0.2) is 34.9 Å². The Morgan fingerprint density at radius 1 is 1.11 bits per heavy atom. The zero-order valence-corrected chi connectivity index (χ0v) is 15.3. The van der Waals surface area contributed by atoms with Crippen molar-refractivity contribution in [1.29, 1.82) is 0 Å². The summed E-state index contributed by atoms with van der Waals surface area (Å²) in [5.74, 6) is 0.191. The average Bonchev–Trinajstić information content (AvgIpc) is 2.70. The van der Waals surface area contributed by atoms with Crippen molar-refractivity contribution in [2.75, 3.05) is 24.1 Å². The smallest absolute Gasteiger partial charge is 0.226 e. The minimum Gasteiger partial charge on any atom is -0.397 e. The highest BCUT2D eigenvalue weighted by atomic mass is 16.2. The zero-order valence-electron chi connectivity index (χ0n) is 15.3. The van der Waals surface area contributed by atoms with Gasteiger partial charge in [-0.15, -0.1) is 0 Å². The fraction of sp³-hybridized carbons (Fsp3) is 0.273. The molecule has 0 spiro atoms. The van der Waals surface area contributed by atoms with Crippen LogP contribution >= 0.6 is 0 Å². The van der Waals surface area contributed by atoms with Crippen molar-refractivity contribution >= 4 is 28.2 Å². The van der Waals surface area contributed by atoms with Gasteiger partial charge in [-0.05, 0) is 48.7 Å². The molecule has 1 amide bonds. The first-order chi connectivity index (χ1) is 13.2. The molecule has 1 fully saturated rings. The van der Waals surface area contributed by atoms with Gasteiger partial charge < -0.3 is 16.0 Å². The Hall–Kier alpha value is -3.08. The van der Waals surface area contributed by atoms with Crippen molar-refractivity contribution in [3.8, 4) is 0 Å². The van der Waals surface area contributed by atoms with E-state index in [9.17, 15) is 4.79 Å². The molecule has 0 unspecified atom stereocenters. The summed E-state index contributed by atoms with van der Waals surface area (Å²) in [6, 6.07) is 18.2. The number of anilines is 2. The Kier molecular flexibility index (Phi) is 4.92. The van der Waals surface area contributed by atoms with E-state index >= 15 is 0 Å². The molecule has 138 valence electrons. The highest BCUT2D eigenvalue weighted by Crippen LogP contribution is 2.22. The van der Waals surface area contributed by atoms with Gasteiger partial charge in [0.15, 0.2) is 0 Å². The number of piperidine rings is 1. The third-order valence-electron chi connectivity index (χ3n) is 5.19. The molecule has 1 aromatic heterocycles. The van der Waals surface area contributed by atoms with Gasteiger partial charge in [0.25, 0.3) is 0 Å². The van der Waals surface area contributed by atoms with Crippen LogP contribution < -0.4 is 11.1 Å². The van der Waals surface area contributed by atoms with Crippen molar-refractivity contribution in [2.45, 2.75) is 25.3 Å². The summed E-state index contributed by atoms with van der Waals surface area (Å²) in [5.41, 5.74) is 9.75. The molecule has 1 aliphatic heterocycles. The standard InChI is InChI=1S/C22H24N4O/c23-19-5-1-2-6-21(19)25-18-9-12-26(13-10-18)22(27)15-16-7-8-20-17(14-16)4-3-11-24-20/h1-8,11,14,18,25H,9-10,12-13,15,23H2. The lowest BCUT2D eigenvalue weighted by Crippen LogP contribution is -2.43. The van der Waals surface area contributed by atoms with Crippen molar-refractivity contribution < 1.29 is 4.79 Å². The Morgan fingerprint density at radius 3 is 2.74 bits per heavy atom. The summed E-state index contributed by atoms with van der Waals surface area (Å²) in [4.78, 5) is 19.0. The number of likely N-dealkylation sites (tertiary alicyclic amines) is 1. The Morgan fingerprint density at radius 2 is 1.93 bits per heavy atom. The van der Waals surface area contributed by atoms with E-state index in [0.717, 1.165) is 53.8 Å². The van der Waals surface area contributed by atoms with E-state index in [2.05, 4.69) is 16.4 Å². The van der Waals surface area contributed by atoms with Gasteiger partial charge in [-0.3, -0.25) is 9.78 Å². The first kappa shape index (κ1) is 17.3. The topological polar surface area (TPSA) is 71.2 Å². The molecule has 2 aromatic carbocycles. The van der Waals surface area contributed by atoms with Gasteiger partial charge in [0.2, 0.25) is 5.91 Å². The molecule has 0 bridgehead atoms. The maximum atomic E-state index is 12.7. The number of para-hydroxylation sites is 2.